The van der Waals surface area contributed by atoms with E-state index in [0.717, 1.165) is 11.9 Å². The fourth-order valence-corrected chi connectivity index (χ4v) is 4.48. The number of aryl methyl sites for hydroxylation is 1. The standard InChI is InChI=1S/C24H26N4O4S/c1-15(2)11-12-27-22(30)17-7-5-6-8-19(17)28-23(27)25-26-24(28)33-14-20(29)18-10-9-16(31-3)13-21(18)32-4/h5-10,13,15H,11-12,14H2,1-4H3. The number of rotatable bonds is 9. The molecule has 33 heavy (non-hydrogen) atoms. The van der Waals surface area contributed by atoms with E-state index in [-0.39, 0.29) is 17.1 Å². The van der Waals surface area contributed by atoms with E-state index >= 15 is 0 Å². The zero-order valence-corrected chi connectivity index (χ0v) is 19.9. The van der Waals surface area contributed by atoms with E-state index in [1.807, 2.05) is 28.7 Å². The molecule has 0 aliphatic carbocycles. The van der Waals surface area contributed by atoms with Gasteiger partial charge in [0.05, 0.1) is 36.4 Å². The molecule has 2 aromatic heterocycles. The molecule has 172 valence electrons. The van der Waals surface area contributed by atoms with Crippen LogP contribution in [-0.2, 0) is 6.54 Å². The van der Waals surface area contributed by atoms with Crippen LogP contribution >= 0.6 is 11.8 Å². The number of benzene rings is 2. The molecule has 0 aliphatic heterocycles. The molecule has 0 fully saturated rings. The lowest BCUT2D eigenvalue weighted by Gasteiger charge is -2.12. The Morgan fingerprint density at radius 3 is 2.61 bits per heavy atom. The third-order valence-corrected chi connectivity index (χ3v) is 6.38. The van der Waals surface area contributed by atoms with Crippen LogP contribution in [0.25, 0.3) is 16.7 Å². The number of nitrogens with zero attached hydrogens (tertiary/aromatic N) is 4. The van der Waals surface area contributed by atoms with Gasteiger partial charge < -0.3 is 9.47 Å². The largest absolute Gasteiger partial charge is 0.497 e. The van der Waals surface area contributed by atoms with Crippen molar-refractivity contribution in [3.05, 3.63) is 58.4 Å². The summed E-state index contributed by atoms with van der Waals surface area (Å²) in [6.45, 7) is 4.79. The monoisotopic (exact) mass is 466 g/mol. The van der Waals surface area contributed by atoms with Gasteiger partial charge in [0.25, 0.3) is 5.56 Å². The second-order valence-electron chi connectivity index (χ2n) is 8.05. The predicted octanol–water partition coefficient (Wildman–Crippen LogP) is 4.08. The number of ether oxygens (including phenoxy) is 2. The molecule has 8 nitrogen and oxygen atoms in total. The number of fused-ring (bicyclic) bond motifs is 3. The second kappa shape index (κ2) is 9.66. The minimum Gasteiger partial charge on any atom is -0.497 e. The molecule has 0 N–H and O–H groups in total. The van der Waals surface area contributed by atoms with Gasteiger partial charge in [-0.25, -0.2) is 0 Å². The molecule has 0 radical (unpaired) electrons. The molecule has 0 atom stereocenters. The lowest BCUT2D eigenvalue weighted by Crippen LogP contribution is -2.24. The van der Waals surface area contributed by atoms with Crippen LogP contribution in [-0.4, -0.2) is 44.9 Å². The van der Waals surface area contributed by atoms with Gasteiger partial charge >= 0.3 is 0 Å². The van der Waals surface area contributed by atoms with Crippen LogP contribution in [0.5, 0.6) is 11.5 Å². The number of thioether (sulfide) groups is 1. The number of carbonyl (C=O) groups is 1. The average Bonchev–Trinajstić information content (AvgIpc) is 3.25. The van der Waals surface area contributed by atoms with E-state index < -0.39 is 0 Å². The van der Waals surface area contributed by atoms with Gasteiger partial charge in [-0.05, 0) is 36.6 Å². The molecular weight excluding hydrogens is 440 g/mol. The zero-order chi connectivity index (χ0) is 23.5. The number of methoxy groups -OCH3 is 2. The number of aromatic nitrogens is 4. The number of Topliss-reactive ketones (excluding diaryl/α,β-unsaturated/α-hetero) is 1. The summed E-state index contributed by atoms with van der Waals surface area (Å²) in [5.41, 5.74) is 1.11. The molecule has 9 heteroatoms. The fraction of sp³-hybridized carbons (Fsp3) is 0.333. The molecular formula is C24H26N4O4S. The molecule has 0 saturated carbocycles. The summed E-state index contributed by atoms with van der Waals surface area (Å²) >= 11 is 1.28. The van der Waals surface area contributed by atoms with E-state index in [2.05, 4.69) is 24.0 Å². The topological polar surface area (TPSA) is 87.7 Å². The molecule has 4 aromatic rings. The highest BCUT2D eigenvalue weighted by Gasteiger charge is 2.19. The minimum atomic E-state index is -0.103. The maximum Gasteiger partial charge on any atom is 0.262 e. The van der Waals surface area contributed by atoms with Gasteiger partial charge in [-0.3, -0.25) is 18.6 Å². The second-order valence-corrected chi connectivity index (χ2v) is 9.00. The van der Waals surface area contributed by atoms with Gasteiger partial charge in [0, 0.05) is 12.6 Å². The molecule has 0 amide bonds. The summed E-state index contributed by atoms with van der Waals surface area (Å²) < 4.78 is 14.1. The van der Waals surface area contributed by atoms with Crippen molar-refractivity contribution < 1.29 is 14.3 Å². The van der Waals surface area contributed by atoms with Crippen molar-refractivity contribution in [2.75, 3.05) is 20.0 Å². The zero-order valence-electron chi connectivity index (χ0n) is 19.1. The van der Waals surface area contributed by atoms with E-state index in [9.17, 15) is 9.59 Å². The van der Waals surface area contributed by atoms with Crippen LogP contribution < -0.4 is 15.0 Å². The van der Waals surface area contributed by atoms with E-state index in [1.54, 1.807) is 29.9 Å². The van der Waals surface area contributed by atoms with Crippen molar-refractivity contribution in [1.82, 2.24) is 19.2 Å². The smallest absolute Gasteiger partial charge is 0.262 e. The SMILES string of the molecule is COc1ccc(C(=O)CSc2nnc3n(CCC(C)C)c(=O)c4ccccc4n23)c(OC)c1. The number of ketones is 1. The number of hydrogen-bond acceptors (Lipinski definition) is 7. The van der Waals surface area contributed by atoms with Crippen molar-refractivity contribution in [3.8, 4) is 11.5 Å². The van der Waals surface area contributed by atoms with Crippen molar-refractivity contribution >= 4 is 34.2 Å². The van der Waals surface area contributed by atoms with Crippen molar-refractivity contribution in [3.63, 3.8) is 0 Å². The minimum absolute atomic E-state index is 0.0817. The van der Waals surface area contributed by atoms with Crippen LogP contribution in [0.4, 0.5) is 0 Å². The van der Waals surface area contributed by atoms with Gasteiger partial charge in [-0.15, -0.1) is 10.2 Å². The summed E-state index contributed by atoms with van der Waals surface area (Å²) in [6, 6.07) is 12.5. The normalized spacial score (nSPS) is 11.4. The van der Waals surface area contributed by atoms with E-state index in [1.165, 1.54) is 18.9 Å². The van der Waals surface area contributed by atoms with Gasteiger partial charge in [0.15, 0.2) is 10.9 Å². The Balaban J connectivity index is 1.71. The third-order valence-electron chi connectivity index (χ3n) is 5.45. The predicted molar refractivity (Wildman–Crippen MR) is 129 cm³/mol. The number of carbonyl (C=O) groups excluding carboxylic acids is 1. The highest BCUT2D eigenvalue weighted by atomic mass is 32.2. The molecule has 0 unspecified atom stereocenters. The lowest BCUT2D eigenvalue weighted by molar-refractivity contribution is 0.101. The highest BCUT2D eigenvalue weighted by molar-refractivity contribution is 7.99. The van der Waals surface area contributed by atoms with Crippen LogP contribution in [0, 0.1) is 5.92 Å². The molecule has 0 bridgehead atoms. The first-order valence-corrected chi connectivity index (χ1v) is 11.7. The molecule has 0 aliphatic rings. The van der Waals surface area contributed by atoms with Gasteiger partial charge in [0.1, 0.15) is 11.5 Å². The molecule has 0 spiro atoms. The van der Waals surface area contributed by atoms with Crippen molar-refractivity contribution in [2.45, 2.75) is 32.0 Å². The Morgan fingerprint density at radius 2 is 1.88 bits per heavy atom. The Kier molecular flexibility index (Phi) is 6.69. The first-order chi connectivity index (χ1) is 15.9. The lowest BCUT2D eigenvalue weighted by atomic mass is 10.1. The number of para-hydroxylation sites is 1. The van der Waals surface area contributed by atoms with E-state index in [0.29, 0.717) is 45.8 Å². The first-order valence-electron chi connectivity index (χ1n) is 10.7. The molecule has 2 heterocycles. The summed E-state index contributed by atoms with van der Waals surface area (Å²) in [7, 11) is 3.08. The van der Waals surface area contributed by atoms with Crippen LogP contribution in [0.1, 0.15) is 30.6 Å². The quantitative estimate of drug-likeness (QED) is 0.271. The maximum atomic E-state index is 13.1. The van der Waals surface area contributed by atoms with Crippen LogP contribution in [0.2, 0.25) is 0 Å². The Bertz CT molecular complexity index is 1380. The Labute approximate surface area is 195 Å². The van der Waals surface area contributed by atoms with Crippen LogP contribution in [0.3, 0.4) is 0 Å². The van der Waals surface area contributed by atoms with Gasteiger partial charge in [-0.2, -0.15) is 0 Å². The first kappa shape index (κ1) is 22.8. The Morgan fingerprint density at radius 1 is 1.09 bits per heavy atom. The van der Waals surface area contributed by atoms with Gasteiger partial charge in [-0.1, -0.05) is 37.7 Å². The molecule has 0 saturated heterocycles. The molecule has 4 rings (SSSR count). The summed E-state index contributed by atoms with van der Waals surface area (Å²) in [5, 5.41) is 9.79. The van der Waals surface area contributed by atoms with Crippen molar-refractivity contribution in [2.24, 2.45) is 5.92 Å². The average molecular weight is 467 g/mol. The third kappa shape index (κ3) is 4.45. The summed E-state index contributed by atoms with van der Waals surface area (Å²) in [5.74, 6) is 2.04. The van der Waals surface area contributed by atoms with E-state index in [4.69, 9.17) is 9.47 Å². The van der Waals surface area contributed by atoms with Gasteiger partial charge in [0.2, 0.25) is 5.78 Å². The Hall–Kier alpha value is -3.33. The highest BCUT2D eigenvalue weighted by Crippen LogP contribution is 2.28. The van der Waals surface area contributed by atoms with Crippen molar-refractivity contribution in [1.29, 1.82) is 0 Å². The summed E-state index contributed by atoms with van der Waals surface area (Å²) in [4.78, 5) is 26.1. The molecule has 2 aromatic carbocycles. The maximum absolute atomic E-state index is 13.1. The fourth-order valence-electron chi connectivity index (χ4n) is 3.65. The summed E-state index contributed by atoms with van der Waals surface area (Å²) in [6.07, 6.45) is 0.846. The number of hydrogen-bond donors (Lipinski definition) is 0. The van der Waals surface area contributed by atoms with Crippen LogP contribution in [0.15, 0.2) is 52.4 Å².